The average Bonchev–Trinajstić information content (AvgIpc) is 2.75. The summed E-state index contributed by atoms with van der Waals surface area (Å²) < 4.78 is 0. The number of carboxylic acids is 1. The molecule has 96 valence electrons. The molecular formula is C12H15N3O3. The van der Waals surface area contributed by atoms with Gasteiger partial charge in [0.05, 0.1) is 5.56 Å². The van der Waals surface area contributed by atoms with Gasteiger partial charge in [-0.1, -0.05) is 0 Å². The maximum Gasteiger partial charge on any atom is 0.337 e. The average molecular weight is 249 g/mol. The predicted molar refractivity (Wildman–Crippen MR) is 64.6 cm³/mol. The van der Waals surface area contributed by atoms with Crippen molar-refractivity contribution < 1.29 is 14.7 Å². The van der Waals surface area contributed by atoms with Crippen molar-refractivity contribution in [2.75, 3.05) is 20.1 Å². The molecule has 2 rings (SSSR count). The zero-order chi connectivity index (χ0) is 13.1. The lowest BCUT2D eigenvalue weighted by Crippen LogP contribution is -2.36. The van der Waals surface area contributed by atoms with E-state index in [-0.39, 0.29) is 23.2 Å². The van der Waals surface area contributed by atoms with Crippen LogP contribution in [-0.2, 0) is 0 Å². The van der Waals surface area contributed by atoms with E-state index in [4.69, 9.17) is 5.11 Å². The molecule has 2 N–H and O–H groups in total. The fourth-order valence-electron chi connectivity index (χ4n) is 1.97. The molecule has 1 aliphatic heterocycles. The minimum absolute atomic E-state index is 0.0761. The van der Waals surface area contributed by atoms with E-state index in [1.807, 2.05) is 7.05 Å². The number of hydrogen-bond acceptors (Lipinski definition) is 4. The van der Waals surface area contributed by atoms with Crippen molar-refractivity contribution in [1.29, 1.82) is 0 Å². The molecule has 1 saturated heterocycles. The number of likely N-dealkylation sites (N-methyl/N-ethyl adjacent to an activating group) is 1. The van der Waals surface area contributed by atoms with Gasteiger partial charge < -0.3 is 15.3 Å². The van der Waals surface area contributed by atoms with Crippen LogP contribution in [0.3, 0.4) is 0 Å². The van der Waals surface area contributed by atoms with Gasteiger partial charge >= 0.3 is 5.97 Å². The SMILES string of the molecule is CN1CCC(NC(=O)c2ccc(C(=O)O)cn2)C1. The van der Waals surface area contributed by atoms with Gasteiger partial charge in [-0.05, 0) is 32.1 Å². The molecule has 1 aromatic heterocycles. The van der Waals surface area contributed by atoms with E-state index in [0.717, 1.165) is 19.5 Å². The number of carboxylic acid groups (broad SMARTS) is 1. The van der Waals surface area contributed by atoms with Crippen LogP contribution in [0.5, 0.6) is 0 Å². The van der Waals surface area contributed by atoms with E-state index in [0.29, 0.717) is 0 Å². The highest BCUT2D eigenvalue weighted by atomic mass is 16.4. The maximum atomic E-state index is 11.8. The minimum Gasteiger partial charge on any atom is -0.478 e. The van der Waals surface area contributed by atoms with Gasteiger partial charge in [0.1, 0.15) is 5.69 Å². The van der Waals surface area contributed by atoms with E-state index in [9.17, 15) is 9.59 Å². The van der Waals surface area contributed by atoms with Crippen molar-refractivity contribution in [1.82, 2.24) is 15.2 Å². The first-order valence-corrected chi connectivity index (χ1v) is 5.75. The molecule has 0 saturated carbocycles. The molecule has 0 aromatic carbocycles. The van der Waals surface area contributed by atoms with Gasteiger partial charge in [-0.25, -0.2) is 4.79 Å². The molecule has 18 heavy (non-hydrogen) atoms. The lowest BCUT2D eigenvalue weighted by molar-refractivity contribution is 0.0695. The number of likely N-dealkylation sites (tertiary alicyclic amines) is 1. The van der Waals surface area contributed by atoms with Crippen molar-refractivity contribution in [3.05, 3.63) is 29.6 Å². The van der Waals surface area contributed by atoms with E-state index in [1.54, 1.807) is 0 Å². The molecule has 0 radical (unpaired) electrons. The number of aromatic nitrogens is 1. The molecule has 1 amide bonds. The van der Waals surface area contributed by atoms with Crippen LogP contribution in [0.1, 0.15) is 27.3 Å². The Labute approximate surface area is 105 Å². The summed E-state index contributed by atoms with van der Waals surface area (Å²) >= 11 is 0. The highest BCUT2D eigenvalue weighted by Gasteiger charge is 2.22. The first kappa shape index (κ1) is 12.5. The van der Waals surface area contributed by atoms with Gasteiger partial charge in [-0.2, -0.15) is 0 Å². The molecule has 1 aliphatic rings. The smallest absolute Gasteiger partial charge is 0.337 e. The van der Waals surface area contributed by atoms with E-state index < -0.39 is 5.97 Å². The van der Waals surface area contributed by atoms with Gasteiger partial charge in [0.2, 0.25) is 0 Å². The van der Waals surface area contributed by atoms with Gasteiger partial charge in [-0.3, -0.25) is 9.78 Å². The summed E-state index contributed by atoms with van der Waals surface area (Å²) in [5.74, 6) is -1.31. The Morgan fingerprint density at radius 1 is 1.50 bits per heavy atom. The van der Waals surface area contributed by atoms with E-state index in [2.05, 4.69) is 15.2 Å². The topological polar surface area (TPSA) is 82.5 Å². The summed E-state index contributed by atoms with van der Waals surface area (Å²) in [5.41, 5.74) is 0.321. The lowest BCUT2D eigenvalue weighted by atomic mass is 10.2. The maximum absolute atomic E-state index is 11.8. The predicted octanol–water partition coefficient (Wildman–Crippen LogP) is 0.214. The van der Waals surface area contributed by atoms with Crippen molar-refractivity contribution >= 4 is 11.9 Å². The Bertz CT molecular complexity index is 458. The summed E-state index contributed by atoms with van der Waals surface area (Å²) in [6, 6.07) is 2.95. The van der Waals surface area contributed by atoms with Gasteiger partial charge in [0, 0.05) is 18.8 Å². The monoisotopic (exact) mass is 249 g/mol. The summed E-state index contributed by atoms with van der Waals surface area (Å²) in [5, 5.41) is 11.6. The molecule has 1 unspecified atom stereocenters. The largest absolute Gasteiger partial charge is 0.478 e. The summed E-state index contributed by atoms with van der Waals surface area (Å²) in [7, 11) is 2.01. The second-order valence-corrected chi connectivity index (χ2v) is 4.46. The van der Waals surface area contributed by atoms with Crippen LogP contribution < -0.4 is 5.32 Å². The molecule has 0 spiro atoms. The molecule has 1 fully saturated rings. The second-order valence-electron chi connectivity index (χ2n) is 4.46. The molecule has 0 aliphatic carbocycles. The Morgan fingerprint density at radius 3 is 2.78 bits per heavy atom. The van der Waals surface area contributed by atoms with Crippen LogP contribution >= 0.6 is 0 Å². The van der Waals surface area contributed by atoms with Crippen molar-refractivity contribution in [3.8, 4) is 0 Å². The van der Waals surface area contributed by atoms with Gasteiger partial charge in [-0.15, -0.1) is 0 Å². The second kappa shape index (κ2) is 5.14. The first-order valence-electron chi connectivity index (χ1n) is 5.75. The van der Waals surface area contributed by atoms with Crippen LogP contribution in [0.25, 0.3) is 0 Å². The number of amides is 1. The van der Waals surface area contributed by atoms with E-state index >= 15 is 0 Å². The molecule has 2 heterocycles. The van der Waals surface area contributed by atoms with Crippen molar-refractivity contribution in [2.24, 2.45) is 0 Å². The van der Waals surface area contributed by atoms with Crippen molar-refractivity contribution in [2.45, 2.75) is 12.5 Å². The zero-order valence-corrected chi connectivity index (χ0v) is 10.1. The van der Waals surface area contributed by atoms with Crippen LogP contribution in [0, 0.1) is 0 Å². The highest BCUT2D eigenvalue weighted by molar-refractivity contribution is 5.93. The lowest BCUT2D eigenvalue weighted by Gasteiger charge is -2.12. The fourth-order valence-corrected chi connectivity index (χ4v) is 1.97. The number of nitrogens with one attached hydrogen (secondary N) is 1. The Balaban J connectivity index is 1.98. The highest BCUT2D eigenvalue weighted by Crippen LogP contribution is 2.07. The molecule has 0 bridgehead atoms. The summed E-state index contributed by atoms with van der Waals surface area (Å²) in [4.78, 5) is 28.5. The third-order valence-corrected chi connectivity index (χ3v) is 2.97. The number of rotatable bonds is 3. The molecule has 6 heteroatoms. The van der Waals surface area contributed by atoms with Crippen molar-refractivity contribution in [3.63, 3.8) is 0 Å². The Morgan fingerprint density at radius 2 is 2.28 bits per heavy atom. The third-order valence-electron chi connectivity index (χ3n) is 2.97. The number of pyridine rings is 1. The third kappa shape index (κ3) is 2.84. The Hall–Kier alpha value is -1.95. The van der Waals surface area contributed by atoms with Crippen LogP contribution in [0.15, 0.2) is 18.3 Å². The number of hydrogen-bond donors (Lipinski definition) is 2. The number of carbonyl (C=O) groups excluding carboxylic acids is 1. The first-order chi connectivity index (χ1) is 8.56. The fraction of sp³-hybridized carbons (Fsp3) is 0.417. The van der Waals surface area contributed by atoms with E-state index in [1.165, 1.54) is 18.3 Å². The number of aromatic carboxylic acids is 1. The standard InChI is InChI=1S/C12H15N3O3/c1-15-5-4-9(7-15)14-11(16)10-3-2-8(6-13-10)12(17)18/h2-3,6,9H,4-5,7H2,1H3,(H,14,16)(H,17,18). The van der Waals surface area contributed by atoms with Gasteiger partial charge in [0.25, 0.3) is 5.91 Å². The quantitative estimate of drug-likeness (QED) is 0.800. The normalized spacial score (nSPS) is 19.7. The summed E-state index contributed by atoms with van der Waals surface area (Å²) in [6.07, 6.45) is 2.12. The number of carbonyl (C=O) groups is 2. The van der Waals surface area contributed by atoms with Crippen LogP contribution in [0.2, 0.25) is 0 Å². The summed E-state index contributed by atoms with van der Waals surface area (Å²) in [6.45, 7) is 1.80. The van der Waals surface area contributed by atoms with Gasteiger partial charge in [0.15, 0.2) is 0 Å². The molecular weight excluding hydrogens is 234 g/mol. The minimum atomic E-state index is -1.05. The molecule has 1 atom stereocenters. The number of nitrogens with zero attached hydrogens (tertiary/aromatic N) is 2. The molecule has 6 nitrogen and oxygen atoms in total. The zero-order valence-electron chi connectivity index (χ0n) is 10.1. The van der Waals surface area contributed by atoms with Crippen LogP contribution in [-0.4, -0.2) is 53.0 Å². The Kier molecular flexibility index (Phi) is 3.57. The molecule has 1 aromatic rings. The van der Waals surface area contributed by atoms with Crippen LogP contribution in [0.4, 0.5) is 0 Å².